The van der Waals surface area contributed by atoms with E-state index in [1.165, 1.54) is 44.9 Å². The zero-order chi connectivity index (χ0) is 19.8. The van der Waals surface area contributed by atoms with Gasteiger partial charge in [0.15, 0.2) is 11.5 Å². The lowest BCUT2D eigenvalue weighted by Gasteiger charge is -2.32. The van der Waals surface area contributed by atoms with E-state index in [1.807, 2.05) is 6.92 Å². The first-order chi connectivity index (χ1) is 13.4. The van der Waals surface area contributed by atoms with Crippen LogP contribution in [0.3, 0.4) is 0 Å². The Morgan fingerprint density at radius 3 is 2.50 bits per heavy atom. The fourth-order valence-electron chi connectivity index (χ4n) is 4.61. The van der Waals surface area contributed by atoms with Crippen LogP contribution in [0.1, 0.15) is 75.2 Å². The van der Waals surface area contributed by atoms with Crippen LogP contribution in [0.2, 0.25) is 0 Å². The van der Waals surface area contributed by atoms with Crippen molar-refractivity contribution in [2.45, 2.75) is 78.3 Å². The number of aromatic carboxylic acids is 1. The second-order valence-electron chi connectivity index (χ2n) is 8.89. The van der Waals surface area contributed by atoms with Gasteiger partial charge in [-0.25, -0.2) is 19.7 Å². The maximum Gasteiger partial charge on any atom is 0.374 e. The van der Waals surface area contributed by atoms with Crippen LogP contribution in [0, 0.1) is 24.7 Å². The molecule has 0 unspecified atom stereocenters. The number of imidazole rings is 1. The molecule has 2 heterocycles. The maximum absolute atomic E-state index is 11.5. The summed E-state index contributed by atoms with van der Waals surface area (Å²) in [5.74, 6) is 2.26. The van der Waals surface area contributed by atoms with Gasteiger partial charge < -0.3 is 15.0 Å². The number of aromatic nitrogens is 4. The number of nitrogens with one attached hydrogen (secondary N) is 1. The van der Waals surface area contributed by atoms with Crippen molar-refractivity contribution in [3.05, 3.63) is 11.6 Å². The second-order valence-corrected chi connectivity index (χ2v) is 8.89. The number of hydrogen-bond donors (Lipinski definition) is 2. The minimum atomic E-state index is -1.12. The minimum Gasteiger partial charge on any atom is -0.475 e. The molecule has 0 saturated heterocycles. The number of carbonyl (C=O) groups is 1. The third-order valence-electron chi connectivity index (χ3n) is 6.78. The number of aryl methyl sites for hydroxylation is 1. The third-order valence-corrected chi connectivity index (χ3v) is 6.78. The van der Waals surface area contributed by atoms with Crippen molar-refractivity contribution in [2.24, 2.45) is 17.8 Å². The van der Waals surface area contributed by atoms with Crippen molar-refractivity contribution in [1.82, 2.24) is 19.5 Å². The van der Waals surface area contributed by atoms with Crippen molar-refractivity contribution in [2.75, 3.05) is 5.32 Å². The van der Waals surface area contributed by atoms with Crippen LogP contribution in [0.4, 0.5) is 5.82 Å². The van der Waals surface area contributed by atoms with E-state index in [2.05, 4.69) is 38.7 Å². The average molecular weight is 386 g/mol. The standard InChI is InChI=1S/C21H31N5O2/c1-12-7-9-15(10-8-12)11-26-14(3)23-19-17(26)18(24-20(25-19)21(27)28)22-13(2)16-5-4-6-16/h12-13,15-16H,4-11H2,1-3H3,(H,27,28)(H,22,24,25)/t12?,13-,15?/m1/s1. The monoisotopic (exact) mass is 385 g/mol. The van der Waals surface area contributed by atoms with Gasteiger partial charge in [0, 0.05) is 12.6 Å². The minimum absolute atomic E-state index is 0.188. The Morgan fingerprint density at radius 1 is 1.18 bits per heavy atom. The quantitative estimate of drug-likeness (QED) is 0.772. The Kier molecular flexibility index (Phi) is 5.25. The van der Waals surface area contributed by atoms with Gasteiger partial charge in [-0.15, -0.1) is 0 Å². The molecule has 2 N–H and O–H groups in total. The van der Waals surface area contributed by atoms with Crippen molar-refractivity contribution in [3.63, 3.8) is 0 Å². The van der Waals surface area contributed by atoms with Gasteiger partial charge in [-0.3, -0.25) is 0 Å². The topological polar surface area (TPSA) is 92.9 Å². The highest BCUT2D eigenvalue weighted by Crippen LogP contribution is 2.34. The van der Waals surface area contributed by atoms with E-state index in [1.54, 1.807) is 0 Å². The lowest BCUT2D eigenvalue weighted by atomic mass is 9.80. The number of carboxylic acids is 1. The normalized spacial score (nSPS) is 24.1. The fourth-order valence-corrected chi connectivity index (χ4v) is 4.61. The average Bonchev–Trinajstić information content (AvgIpc) is 2.91. The molecule has 2 aliphatic rings. The molecule has 0 spiro atoms. The Bertz CT molecular complexity index is 865. The molecule has 0 bridgehead atoms. The SMILES string of the molecule is Cc1nc2nc(C(=O)O)nc(N[C@H](C)C3CCC3)c2n1CC1CCC(C)CC1. The summed E-state index contributed by atoms with van der Waals surface area (Å²) in [6, 6.07) is 0.257. The van der Waals surface area contributed by atoms with Gasteiger partial charge in [-0.2, -0.15) is 0 Å². The van der Waals surface area contributed by atoms with E-state index < -0.39 is 5.97 Å². The molecule has 0 radical (unpaired) electrons. The van der Waals surface area contributed by atoms with Crippen LogP contribution >= 0.6 is 0 Å². The summed E-state index contributed by atoms with van der Waals surface area (Å²) in [7, 11) is 0. The van der Waals surface area contributed by atoms with E-state index in [0.717, 1.165) is 23.8 Å². The summed E-state index contributed by atoms with van der Waals surface area (Å²) in [6.45, 7) is 7.37. The Morgan fingerprint density at radius 2 is 1.89 bits per heavy atom. The smallest absolute Gasteiger partial charge is 0.374 e. The molecule has 7 heteroatoms. The number of hydrogen-bond acceptors (Lipinski definition) is 5. The van der Waals surface area contributed by atoms with Crippen molar-refractivity contribution >= 4 is 23.0 Å². The highest BCUT2D eigenvalue weighted by molar-refractivity contribution is 5.90. The number of carboxylic acid groups (broad SMARTS) is 1. The summed E-state index contributed by atoms with van der Waals surface area (Å²) < 4.78 is 2.21. The van der Waals surface area contributed by atoms with E-state index in [4.69, 9.17) is 0 Å². The van der Waals surface area contributed by atoms with E-state index in [9.17, 15) is 9.90 Å². The molecule has 2 aromatic heterocycles. The molecule has 7 nitrogen and oxygen atoms in total. The molecule has 2 fully saturated rings. The summed E-state index contributed by atoms with van der Waals surface area (Å²) in [5.41, 5.74) is 1.34. The fraction of sp³-hybridized carbons (Fsp3) is 0.714. The number of rotatable bonds is 6. The van der Waals surface area contributed by atoms with Crippen LogP contribution in [-0.2, 0) is 6.54 Å². The molecular formula is C21H31N5O2. The summed E-state index contributed by atoms with van der Waals surface area (Å²) in [6.07, 6.45) is 8.72. The first-order valence-electron chi connectivity index (χ1n) is 10.7. The molecule has 0 amide bonds. The lowest BCUT2D eigenvalue weighted by Crippen LogP contribution is -2.31. The van der Waals surface area contributed by atoms with Gasteiger partial charge >= 0.3 is 5.97 Å². The summed E-state index contributed by atoms with van der Waals surface area (Å²) in [5, 5.41) is 12.9. The van der Waals surface area contributed by atoms with Crippen LogP contribution in [0.25, 0.3) is 11.2 Å². The van der Waals surface area contributed by atoms with Crippen LogP contribution in [0.15, 0.2) is 0 Å². The predicted molar refractivity (Wildman–Crippen MR) is 109 cm³/mol. The Balaban J connectivity index is 1.70. The van der Waals surface area contributed by atoms with Crippen molar-refractivity contribution in [3.8, 4) is 0 Å². The molecule has 2 aliphatic carbocycles. The van der Waals surface area contributed by atoms with Gasteiger partial charge in [0.25, 0.3) is 0 Å². The van der Waals surface area contributed by atoms with Crippen LogP contribution in [0.5, 0.6) is 0 Å². The zero-order valence-corrected chi connectivity index (χ0v) is 17.1. The molecule has 1 atom stereocenters. The number of anilines is 1. The third kappa shape index (κ3) is 3.71. The molecule has 0 aliphatic heterocycles. The van der Waals surface area contributed by atoms with E-state index in [0.29, 0.717) is 23.3 Å². The van der Waals surface area contributed by atoms with Gasteiger partial charge in [0.05, 0.1) is 0 Å². The molecular weight excluding hydrogens is 354 g/mol. The van der Waals surface area contributed by atoms with Crippen molar-refractivity contribution in [1.29, 1.82) is 0 Å². The summed E-state index contributed by atoms with van der Waals surface area (Å²) in [4.78, 5) is 24.7. The van der Waals surface area contributed by atoms with Crippen LogP contribution in [-0.4, -0.2) is 36.6 Å². The first kappa shape index (κ1) is 19.2. The number of nitrogens with zero attached hydrogens (tertiary/aromatic N) is 4. The lowest BCUT2D eigenvalue weighted by molar-refractivity contribution is 0.0684. The second kappa shape index (κ2) is 7.68. The highest BCUT2D eigenvalue weighted by Gasteiger charge is 2.27. The van der Waals surface area contributed by atoms with E-state index >= 15 is 0 Å². The number of fused-ring (bicyclic) bond motifs is 1. The summed E-state index contributed by atoms with van der Waals surface area (Å²) >= 11 is 0. The van der Waals surface area contributed by atoms with E-state index in [-0.39, 0.29) is 11.9 Å². The molecule has 2 saturated carbocycles. The largest absolute Gasteiger partial charge is 0.475 e. The van der Waals surface area contributed by atoms with Gasteiger partial charge in [-0.05, 0) is 57.3 Å². The molecule has 152 valence electrons. The van der Waals surface area contributed by atoms with Crippen LogP contribution < -0.4 is 5.32 Å². The predicted octanol–water partition coefficient (Wildman–Crippen LogP) is 4.26. The first-order valence-corrected chi connectivity index (χ1v) is 10.7. The van der Waals surface area contributed by atoms with Gasteiger partial charge in [0.2, 0.25) is 5.82 Å². The molecule has 0 aromatic carbocycles. The van der Waals surface area contributed by atoms with Crippen molar-refractivity contribution < 1.29 is 9.90 Å². The zero-order valence-electron chi connectivity index (χ0n) is 17.1. The molecule has 2 aromatic rings. The molecule has 28 heavy (non-hydrogen) atoms. The maximum atomic E-state index is 11.5. The molecule has 4 rings (SSSR count). The highest BCUT2D eigenvalue weighted by atomic mass is 16.4. The van der Waals surface area contributed by atoms with Gasteiger partial charge in [-0.1, -0.05) is 26.2 Å². The Labute approximate surface area is 166 Å². The Hall–Kier alpha value is -2.18. The van der Waals surface area contributed by atoms with Gasteiger partial charge in [0.1, 0.15) is 11.3 Å².